The van der Waals surface area contributed by atoms with Crippen molar-refractivity contribution in [2.75, 3.05) is 0 Å². The average molecular weight is 192 g/mol. The number of fused-ring (bicyclic) bond motifs is 1. The fraction of sp³-hybridized carbons (Fsp3) is 0.0909. The molecule has 0 unspecified atom stereocenters. The molecule has 0 bridgehead atoms. The van der Waals surface area contributed by atoms with Gasteiger partial charge in [-0.05, 0) is 17.7 Å². The van der Waals surface area contributed by atoms with E-state index in [1.165, 1.54) is 5.39 Å². The second-order valence-electron chi connectivity index (χ2n) is 3.06. The van der Waals surface area contributed by atoms with Gasteiger partial charge in [-0.1, -0.05) is 30.3 Å². The Hall–Kier alpha value is -1.21. The predicted molar refractivity (Wildman–Crippen MR) is 58.0 cm³/mol. The number of aromatic nitrogens is 1. The van der Waals surface area contributed by atoms with Gasteiger partial charge in [0, 0.05) is 29.2 Å². The maximum absolute atomic E-state index is 5.90. The minimum absolute atomic E-state index is 0.768. The minimum atomic E-state index is 0.768. The van der Waals surface area contributed by atoms with Crippen LogP contribution in [0.15, 0.2) is 31.0 Å². The van der Waals surface area contributed by atoms with Crippen LogP contribution >= 0.6 is 11.6 Å². The van der Waals surface area contributed by atoms with Gasteiger partial charge in [0.2, 0.25) is 0 Å². The van der Waals surface area contributed by atoms with Gasteiger partial charge in [-0.25, -0.2) is 0 Å². The summed E-state index contributed by atoms with van der Waals surface area (Å²) in [6, 6.07) is 5.88. The summed E-state index contributed by atoms with van der Waals surface area (Å²) in [7, 11) is 2.01. The van der Waals surface area contributed by atoms with Crippen LogP contribution < -0.4 is 0 Å². The minimum Gasteiger partial charge on any atom is -0.350 e. The summed E-state index contributed by atoms with van der Waals surface area (Å²) in [5.41, 5.74) is 2.29. The van der Waals surface area contributed by atoms with Crippen molar-refractivity contribution < 1.29 is 0 Å². The molecule has 0 saturated carbocycles. The third-order valence-electron chi connectivity index (χ3n) is 2.20. The van der Waals surface area contributed by atoms with Crippen LogP contribution in [0.4, 0.5) is 0 Å². The SMILES string of the molecule is C=Cc1cn(C)c2cc(Cl)ccc12. The molecule has 2 heteroatoms. The van der Waals surface area contributed by atoms with Crippen molar-refractivity contribution >= 4 is 28.6 Å². The number of rotatable bonds is 1. The van der Waals surface area contributed by atoms with Crippen LogP contribution in [0, 0.1) is 0 Å². The summed E-state index contributed by atoms with van der Waals surface area (Å²) >= 11 is 5.90. The Labute approximate surface area is 82.2 Å². The molecule has 2 rings (SSSR count). The quantitative estimate of drug-likeness (QED) is 0.651. The van der Waals surface area contributed by atoms with Gasteiger partial charge in [0.15, 0.2) is 0 Å². The van der Waals surface area contributed by atoms with Gasteiger partial charge in [0.25, 0.3) is 0 Å². The van der Waals surface area contributed by atoms with E-state index in [2.05, 4.69) is 11.1 Å². The monoisotopic (exact) mass is 191 g/mol. The lowest BCUT2D eigenvalue weighted by molar-refractivity contribution is 0.968. The highest BCUT2D eigenvalue weighted by molar-refractivity contribution is 6.31. The standard InChI is InChI=1S/C11H10ClN/c1-3-8-7-13(2)11-6-9(12)4-5-10(8)11/h3-7H,1H2,2H3. The van der Waals surface area contributed by atoms with Gasteiger partial charge in [-0.15, -0.1) is 0 Å². The van der Waals surface area contributed by atoms with E-state index in [0.717, 1.165) is 16.1 Å². The van der Waals surface area contributed by atoms with Gasteiger partial charge in [-0.3, -0.25) is 0 Å². The van der Waals surface area contributed by atoms with Crippen molar-refractivity contribution in [1.82, 2.24) is 4.57 Å². The summed E-state index contributed by atoms with van der Waals surface area (Å²) in [6.45, 7) is 3.77. The number of nitrogens with zero attached hydrogens (tertiary/aromatic N) is 1. The molecule has 0 spiro atoms. The molecule has 0 aliphatic rings. The number of hydrogen-bond acceptors (Lipinski definition) is 0. The zero-order valence-electron chi connectivity index (χ0n) is 7.42. The Bertz CT molecular complexity index is 468. The predicted octanol–water partition coefficient (Wildman–Crippen LogP) is 3.47. The number of halogens is 1. The van der Waals surface area contributed by atoms with Crippen LogP contribution in [-0.2, 0) is 7.05 Å². The van der Waals surface area contributed by atoms with Crippen molar-refractivity contribution in [3.05, 3.63) is 41.6 Å². The van der Waals surface area contributed by atoms with E-state index in [9.17, 15) is 0 Å². The lowest BCUT2D eigenvalue weighted by atomic mass is 10.2. The molecular formula is C11H10ClN. The summed E-state index contributed by atoms with van der Waals surface area (Å²) in [4.78, 5) is 0. The highest BCUT2D eigenvalue weighted by Crippen LogP contribution is 2.24. The first-order valence-corrected chi connectivity index (χ1v) is 4.47. The zero-order chi connectivity index (χ0) is 9.42. The van der Waals surface area contributed by atoms with Crippen molar-refractivity contribution in [2.24, 2.45) is 7.05 Å². The van der Waals surface area contributed by atoms with E-state index in [0.29, 0.717) is 0 Å². The van der Waals surface area contributed by atoms with Gasteiger partial charge < -0.3 is 4.57 Å². The topological polar surface area (TPSA) is 4.93 Å². The van der Waals surface area contributed by atoms with Gasteiger partial charge in [0.1, 0.15) is 0 Å². The Morgan fingerprint density at radius 3 is 2.92 bits per heavy atom. The van der Waals surface area contributed by atoms with Crippen molar-refractivity contribution in [2.45, 2.75) is 0 Å². The van der Waals surface area contributed by atoms with E-state index < -0.39 is 0 Å². The lowest BCUT2D eigenvalue weighted by Gasteiger charge is -1.95. The van der Waals surface area contributed by atoms with Crippen LogP contribution in [0.25, 0.3) is 17.0 Å². The summed E-state index contributed by atoms with van der Waals surface area (Å²) < 4.78 is 2.05. The Balaban J connectivity index is 2.88. The molecule has 66 valence electrons. The number of hydrogen-bond donors (Lipinski definition) is 0. The molecule has 1 heterocycles. The number of benzene rings is 1. The van der Waals surface area contributed by atoms with Crippen LogP contribution in [0.2, 0.25) is 5.02 Å². The van der Waals surface area contributed by atoms with Crippen LogP contribution in [0.1, 0.15) is 5.56 Å². The number of aryl methyl sites for hydroxylation is 1. The molecule has 0 amide bonds. The summed E-state index contributed by atoms with van der Waals surface area (Å²) in [5.74, 6) is 0. The molecule has 13 heavy (non-hydrogen) atoms. The maximum atomic E-state index is 5.90. The summed E-state index contributed by atoms with van der Waals surface area (Å²) in [5, 5.41) is 1.96. The first-order valence-electron chi connectivity index (χ1n) is 4.09. The lowest BCUT2D eigenvalue weighted by Crippen LogP contribution is -1.82. The molecule has 0 aliphatic carbocycles. The highest BCUT2D eigenvalue weighted by atomic mass is 35.5. The second kappa shape index (κ2) is 2.93. The van der Waals surface area contributed by atoms with E-state index >= 15 is 0 Å². The van der Waals surface area contributed by atoms with Crippen molar-refractivity contribution in [3.8, 4) is 0 Å². The zero-order valence-corrected chi connectivity index (χ0v) is 8.17. The Morgan fingerprint density at radius 2 is 2.23 bits per heavy atom. The summed E-state index contributed by atoms with van der Waals surface area (Å²) in [6.07, 6.45) is 3.91. The molecular weight excluding hydrogens is 182 g/mol. The van der Waals surface area contributed by atoms with Gasteiger partial charge in [0.05, 0.1) is 0 Å². The fourth-order valence-electron chi connectivity index (χ4n) is 1.55. The molecule has 0 radical (unpaired) electrons. The van der Waals surface area contributed by atoms with Crippen LogP contribution in [-0.4, -0.2) is 4.57 Å². The molecule has 1 nitrogen and oxygen atoms in total. The van der Waals surface area contributed by atoms with E-state index in [4.69, 9.17) is 11.6 Å². The first kappa shape index (κ1) is 8.39. The van der Waals surface area contributed by atoms with Gasteiger partial charge in [-0.2, -0.15) is 0 Å². The fourth-order valence-corrected chi connectivity index (χ4v) is 1.72. The molecule has 1 aromatic heterocycles. The van der Waals surface area contributed by atoms with E-state index in [1.54, 1.807) is 0 Å². The van der Waals surface area contributed by atoms with Crippen LogP contribution in [0.5, 0.6) is 0 Å². The average Bonchev–Trinajstić information content (AvgIpc) is 2.43. The maximum Gasteiger partial charge on any atom is 0.0498 e. The smallest absolute Gasteiger partial charge is 0.0498 e. The Morgan fingerprint density at radius 1 is 1.46 bits per heavy atom. The second-order valence-corrected chi connectivity index (χ2v) is 3.50. The molecule has 1 aromatic carbocycles. The van der Waals surface area contributed by atoms with Crippen molar-refractivity contribution in [1.29, 1.82) is 0 Å². The Kier molecular flexibility index (Phi) is 1.89. The first-order chi connectivity index (χ1) is 6.22. The molecule has 2 aromatic rings. The van der Waals surface area contributed by atoms with E-state index in [1.807, 2.05) is 37.5 Å². The molecule has 0 saturated heterocycles. The van der Waals surface area contributed by atoms with Gasteiger partial charge >= 0.3 is 0 Å². The molecule has 0 atom stereocenters. The molecule has 0 aliphatic heterocycles. The largest absolute Gasteiger partial charge is 0.350 e. The van der Waals surface area contributed by atoms with Crippen LogP contribution in [0.3, 0.4) is 0 Å². The molecule has 0 N–H and O–H groups in total. The van der Waals surface area contributed by atoms with Crippen molar-refractivity contribution in [3.63, 3.8) is 0 Å². The molecule has 0 fully saturated rings. The highest BCUT2D eigenvalue weighted by Gasteiger charge is 2.03. The normalized spacial score (nSPS) is 10.6. The third-order valence-corrected chi connectivity index (χ3v) is 2.44. The van der Waals surface area contributed by atoms with E-state index in [-0.39, 0.29) is 0 Å². The third kappa shape index (κ3) is 1.25.